The second-order valence-corrected chi connectivity index (χ2v) is 7.79. The highest BCUT2D eigenvalue weighted by molar-refractivity contribution is 7.92. The fourth-order valence-corrected chi connectivity index (χ4v) is 4.49. The zero-order valence-electron chi connectivity index (χ0n) is 13.9. The van der Waals surface area contributed by atoms with Gasteiger partial charge in [0.15, 0.2) is 5.78 Å². The number of nitrogens with one attached hydrogen (secondary N) is 1. The van der Waals surface area contributed by atoms with Gasteiger partial charge in [-0.05, 0) is 42.8 Å². The minimum Gasteiger partial charge on any atom is -0.326 e. The van der Waals surface area contributed by atoms with E-state index in [0.717, 1.165) is 5.56 Å². The van der Waals surface area contributed by atoms with Gasteiger partial charge < -0.3 is 5.32 Å². The summed E-state index contributed by atoms with van der Waals surface area (Å²) in [4.78, 5) is 23.3. The van der Waals surface area contributed by atoms with Crippen LogP contribution in [0.5, 0.6) is 0 Å². The number of nitrogens with zero attached hydrogens (tertiary/aromatic N) is 1. The first kappa shape index (κ1) is 17.2. The molecule has 3 rings (SSSR count). The highest BCUT2D eigenvalue weighted by Gasteiger charge is 2.33. The summed E-state index contributed by atoms with van der Waals surface area (Å²) in [7, 11) is -3.80. The molecule has 0 radical (unpaired) electrons. The van der Waals surface area contributed by atoms with E-state index in [4.69, 9.17) is 0 Å². The predicted molar refractivity (Wildman–Crippen MR) is 95.4 cm³/mol. The maximum atomic E-state index is 13.1. The Bertz CT molecular complexity index is 950. The monoisotopic (exact) mass is 358 g/mol. The van der Waals surface area contributed by atoms with Gasteiger partial charge in [0.1, 0.15) is 0 Å². The largest absolute Gasteiger partial charge is 0.326 e. The number of amides is 1. The van der Waals surface area contributed by atoms with E-state index >= 15 is 0 Å². The van der Waals surface area contributed by atoms with Gasteiger partial charge in [-0.2, -0.15) is 0 Å². The van der Waals surface area contributed by atoms with Crippen LogP contribution in [0.2, 0.25) is 0 Å². The smallest absolute Gasteiger partial charge is 0.264 e. The van der Waals surface area contributed by atoms with Gasteiger partial charge in [-0.25, -0.2) is 8.42 Å². The van der Waals surface area contributed by atoms with E-state index in [-0.39, 0.29) is 29.6 Å². The summed E-state index contributed by atoms with van der Waals surface area (Å²) in [5.41, 5.74) is 2.15. The van der Waals surface area contributed by atoms with Gasteiger partial charge in [0, 0.05) is 31.1 Å². The number of hydrogen-bond acceptors (Lipinski definition) is 4. The van der Waals surface area contributed by atoms with Crippen molar-refractivity contribution in [2.45, 2.75) is 25.2 Å². The topological polar surface area (TPSA) is 83.6 Å². The van der Waals surface area contributed by atoms with Gasteiger partial charge in [-0.15, -0.1) is 0 Å². The number of para-hydroxylation sites is 1. The van der Waals surface area contributed by atoms with Crippen molar-refractivity contribution in [3.8, 4) is 0 Å². The predicted octanol–water partition coefficient (Wildman–Crippen LogP) is 2.74. The molecule has 6 nitrogen and oxygen atoms in total. The van der Waals surface area contributed by atoms with Gasteiger partial charge >= 0.3 is 0 Å². The van der Waals surface area contributed by atoms with Crippen molar-refractivity contribution < 1.29 is 18.0 Å². The molecule has 25 heavy (non-hydrogen) atoms. The summed E-state index contributed by atoms with van der Waals surface area (Å²) in [6.07, 6.45) is 0.152. The molecule has 0 fully saturated rings. The molecule has 1 N–H and O–H groups in total. The summed E-state index contributed by atoms with van der Waals surface area (Å²) in [6, 6.07) is 11.2. The fourth-order valence-electron chi connectivity index (χ4n) is 2.95. The summed E-state index contributed by atoms with van der Waals surface area (Å²) in [5, 5.41) is 2.60. The zero-order valence-corrected chi connectivity index (χ0v) is 14.8. The number of fused-ring (bicyclic) bond motifs is 1. The Morgan fingerprint density at radius 2 is 1.80 bits per heavy atom. The Kier molecular flexibility index (Phi) is 4.34. The van der Waals surface area contributed by atoms with E-state index in [1.165, 1.54) is 23.4 Å². The molecule has 130 valence electrons. The molecule has 0 atom stereocenters. The number of Topliss-reactive ketones (excluding diaryl/α,β-unsaturated/α-hetero) is 1. The van der Waals surface area contributed by atoms with Crippen LogP contribution in [0, 0.1) is 6.92 Å². The third kappa shape index (κ3) is 3.15. The van der Waals surface area contributed by atoms with Crippen molar-refractivity contribution in [1.82, 2.24) is 0 Å². The van der Waals surface area contributed by atoms with Crippen LogP contribution in [0.1, 0.15) is 29.3 Å². The Morgan fingerprint density at radius 1 is 1.12 bits per heavy atom. The molecule has 0 unspecified atom stereocenters. The van der Waals surface area contributed by atoms with E-state index in [0.29, 0.717) is 16.9 Å². The Labute approximate surface area is 146 Å². The Balaban J connectivity index is 2.03. The Morgan fingerprint density at radius 3 is 2.44 bits per heavy atom. The third-order valence-corrected chi connectivity index (χ3v) is 5.91. The van der Waals surface area contributed by atoms with Gasteiger partial charge in [0.05, 0.1) is 10.6 Å². The molecule has 1 heterocycles. The lowest BCUT2D eigenvalue weighted by Gasteiger charge is -2.31. The van der Waals surface area contributed by atoms with Gasteiger partial charge in [-0.3, -0.25) is 13.9 Å². The molecule has 0 saturated heterocycles. The highest BCUT2D eigenvalue weighted by Crippen LogP contribution is 2.34. The summed E-state index contributed by atoms with van der Waals surface area (Å²) in [6.45, 7) is 3.29. The lowest BCUT2D eigenvalue weighted by Crippen LogP contribution is -2.38. The summed E-state index contributed by atoms with van der Waals surface area (Å²) >= 11 is 0. The zero-order chi connectivity index (χ0) is 18.2. The molecule has 0 saturated carbocycles. The van der Waals surface area contributed by atoms with Crippen molar-refractivity contribution in [2.75, 3.05) is 16.2 Å². The number of hydrogen-bond donors (Lipinski definition) is 1. The maximum Gasteiger partial charge on any atom is 0.264 e. The molecule has 0 bridgehead atoms. The normalized spacial score (nSPS) is 14.2. The molecule has 2 aromatic carbocycles. The second-order valence-electron chi connectivity index (χ2n) is 5.93. The van der Waals surface area contributed by atoms with Crippen LogP contribution in [-0.4, -0.2) is 26.7 Å². The number of carbonyl (C=O) groups is 2. The maximum absolute atomic E-state index is 13.1. The van der Waals surface area contributed by atoms with Crippen LogP contribution in [-0.2, 0) is 14.8 Å². The number of sulfonamides is 1. The molecule has 1 aliphatic heterocycles. The SMILES string of the molecule is CC(=O)Nc1ccc(S(=O)(=O)N2CCC(=O)c3cccc(C)c32)cc1. The molecule has 0 aliphatic carbocycles. The molecular formula is C18H18N2O4S. The average molecular weight is 358 g/mol. The number of carbonyl (C=O) groups excluding carboxylic acids is 2. The first-order valence-corrected chi connectivity index (χ1v) is 9.28. The lowest BCUT2D eigenvalue weighted by molar-refractivity contribution is -0.114. The Hall–Kier alpha value is -2.67. The van der Waals surface area contributed by atoms with Gasteiger partial charge in [0.2, 0.25) is 5.91 Å². The minimum atomic E-state index is -3.80. The minimum absolute atomic E-state index is 0.0499. The van der Waals surface area contributed by atoms with Crippen LogP contribution in [0.15, 0.2) is 47.4 Å². The quantitative estimate of drug-likeness (QED) is 0.914. The van der Waals surface area contributed by atoms with Crippen LogP contribution in [0.3, 0.4) is 0 Å². The number of anilines is 2. The molecule has 0 aromatic heterocycles. The van der Waals surface area contributed by atoms with E-state index < -0.39 is 10.0 Å². The van der Waals surface area contributed by atoms with E-state index in [1.807, 2.05) is 0 Å². The lowest BCUT2D eigenvalue weighted by atomic mass is 9.99. The summed E-state index contributed by atoms with van der Waals surface area (Å²) in [5.74, 6) is -0.277. The molecular weight excluding hydrogens is 340 g/mol. The molecule has 7 heteroatoms. The van der Waals surface area contributed by atoms with Crippen molar-refractivity contribution in [3.63, 3.8) is 0 Å². The molecule has 0 spiro atoms. The number of benzene rings is 2. The summed E-state index contributed by atoms with van der Waals surface area (Å²) < 4.78 is 27.4. The highest BCUT2D eigenvalue weighted by atomic mass is 32.2. The molecule has 2 aromatic rings. The first-order valence-electron chi connectivity index (χ1n) is 7.84. The van der Waals surface area contributed by atoms with Crippen LogP contribution >= 0.6 is 0 Å². The second kappa shape index (κ2) is 6.33. The average Bonchev–Trinajstić information content (AvgIpc) is 2.56. The standard InChI is InChI=1S/C18H18N2O4S/c1-12-4-3-5-16-17(22)10-11-20(18(12)16)25(23,24)15-8-6-14(7-9-15)19-13(2)21/h3-9H,10-11H2,1-2H3,(H,19,21). The fraction of sp³-hybridized carbons (Fsp3) is 0.222. The van der Waals surface area contributed by atoms with Crippen molar-refractivity contribution >= 4 is 33.1 Å². The van der Waals surface area contributed by atoms with E-state index in [9.17, 15) is 18.0 Å². The van der Waals surface area contributed by atoms with Crippen LogP contribution in [0.4, 0.5) is 11.4 Å². The third-order valence-electron chi connectivity index (χ3n) is 4.09. The number of rotatable bonds is 3. The number of aryl methyl sites for hydroxylation is 1. The van der Waals surface area contributed by atoms with Gasteiger partial charge in [-0.1, -0.05) is 12.1 Å². The van der Waals surface area contributed by atoms with Crippen molar-refractivity contribution in [3.05, 3.63) is 53.6 Å². The molecule has 1 amide bonds. The van der Waals surface area contributed by atoms with Crippen molar-refractivity contribution in [1.29, 1.82) is 0 Å². The van der Waals surface area contributed by atoms with E-state index in [1.54, 1.807) is 37.3 Å². The first-order chi connectivity index (χ1) is 11.8. The molecule has 1 aliphatic rings. The van der Waals surface area contributed by atoms with Crippen LogP contribution in [0.25, 0.3) is 0 Å². The number of ketones is 1. The van der Waals surface area contributed by atoms with E-state index in [2.05, 4.69) is 5.32 Å². The van der Waals surface area contributed by atoms with Gasteiger partial charge in [0.25, 0.3) is 10.0 Å². The van der Waals surface area contributed by atoms with Crippen LogP contribution < -0.4 is 9.62 Å². The van der Waals surface area contributed by atoms with Crippen molar-refractivity contribution in [2.24, 2.45) is 0 Å².